The third-order valence-electron chi connectivity index (χ3n) is 3.07. The molecule has 1 N–H and O–H groups in total. The van der Waals surface area contributed by atoms with Crippen molar-refractivity contribution in [2.45, 2.75) is 13.0 Å². The number of ether oxygens (including phenoxy) is 1. The number of hydrogen-bond donors (Lipinski definition) is 1. The number of imidazole rings is 1. The van der Waals surface area contributed by atoms with E-state index in [1.807, 2.05) is 23.7 Å². The molecule has 0 unspecified atom stereocenters. The minimum Gasteiger partial charge on any atom is -0.494 e. The second-order valence-corrected chi connectivity index (χ2v) is 5.27. The van der Waals surface area contributed by atoms with Gasteiger partial charge in [-0.3, -0.25) is 0 Å². The smallest absolute Gasteiger partial charge is 0.178 e. The van der Waals surface area contributed by atoms with Crippen molar-refractivity contribution in [3.63, 3.8) is 0 Å². The molecule has 0 atom stereocenters. The molecule has 2 heterocycles. The van der Waals surface area contributed by atoms with Crippen LogP contribution < -0.4 is 4.74 Å². The summed E-state index contributed by atoms with van der Waals surface area (Å²) in [7, 11) is 1.66. The lowest BCUT2D eigenvalue weighted by Crippen LogP contribution is -2.01. The van der Waals surface area contributed by atoms with Crippen LogP contribution in [0.3, 0.4) is 0 Å². The van der Waals surface area contributed by atoms with Crippen LogP contribution >= 0.6 is 23.6 Å². The summed E-state index contributed by atoms with van der Waals surface area (Å²) in [5.41, 5.74) is 4.98. The number of fused-ring (bicyclic) bond motifs is 1. The predicted molar refractivity (Wildman–Crippen MR) is 79.5 cm³/mol. The third kappa shape index (κ3) is 2.29. The highest BCUT2D eigenvalue weighted by molar-refractivity contribution is 7.71. The molecule has 2 aromatic heterocycles. The molecule has 0 saturated heterocycles. The Morgan fingerprint density at radius 3 is 3.11 bits per heavy atom. The fourth-order valence-corrected chi connectivity index (χ4v) is 3.02. The number of rotatable bonds is 4. The molecule has 0 aliphatic carbocycles. The van der Waals surface area contributed by atoms with Gasteiger partial charge in [-0.25, -0.2) is 4.98 Å². The number of thiazole rings is 1. The highest BCUT2D eigenvalue weighted by atomic mass is 32.1. The van der Waals surface area contributed by atoms with E-state index in [1.165, 1.54) is 0 Å². The van der Waals surface area contributed by atoms with Gasteiger partial charge in [-0.1, -0.05) is 6.07 Å². The van der Waals surface area contributed by atoms with Crippen LogP contribution in [0.2, 0.25) is 0 Å². The van der Waals surface area contributed by atoms with E-state index in [2.05, 4.69) is 19.9 Å². The van der Waals surface area contributed by atoms with E-state index in [-0.39, 0.29) is 0 Å². The van der Waals surface area contributed by atoms with Crippen molar-refractivity contribution in [3.05, 3.63) is 39.6 Å². The molecule has 0 radical (unpaired) electrons. The summed E-state index contributed by atoms with van der Waals surface area (Å²) in [6, 6.07) is 5.95. The number of methoxy groups -OCH3 is 1. The largest absolute Gasteiger partial charge is 0.494 e. The quantitative estimate of drug-likeness (QED) is 0.749. The van der Waals surface area contributed by atoms with E-state index < -0.39 is 0 Å². The molecule has 0 aliphatic heterocycles. The van der Waals surface area contributed by atoms with Crippen molar-refractivity contribution in [2.24, 2.45) is 0 Å². The van der Waals surface area contributed by atoms with Gasteiger partial charge in [-0.2, -0.15) is 0 Å². The van der Waals surface area contributed by atoms with Gasteiger partial charge < -0.3 is 14.3 Å². The van der Waals surface area contributed by atoms with E-state index in [0.717, 1.165) is 40.2 Å². The Hall–Kier alpha value is -1.66. The molecule has 3 aromatic rings. The number of H-pyrrole nitrogens is 1. The Bertz CT molecular complexity index is 743. The summed E-state index contributed by atoms with van der Waals surface area (Å²) in [5.74, 6) is 0.816. The minimum absolute atomic E-state index is 0.717. The molecule has 0 fully saturated rings. The molecular weight excluding hydrogens is 278 g/mol. The Labute approximate surface area is 119 Å². The van der Waals surface area contributed by atoms with Gasteiger partial charge in [0.1, 0.15) is 11.3 Å². The van der Waals surface area contributed by atoms with Crippen LogP contribution in [0.15, 0.2) is 29.1 Å². The molecule has 1 aromatic carbocycles. The minimum atomic E-state index is 0.717. The zero-order valence-corrected chi connectivity index (χ0v) is 12.1. The summed E-state index contributed by atoms with van der Waals surface area (Å²) < 4.78 is 8.15. The van der Waals surface area contributed by atoms with Crippen LogP contribution in [-0.4, -0.2) is 21.6 Å². The maximum atomic E-state index is 5.39. The van der Waals surface area contributed by atoms with Crippen LogP contribution in [0.4, 0.5) is 0 Å². The van der Waals surface area contributed by atoms with Crippen LogP contribution in [0.25, 0.3) is 11.0 Å². The van der Waals surface area contributed by atoms with Gasteiger partial charge in [-0.05, 0) is 24.4 Å². The summed E-state index contributed by atoms with van der Waals surface area (Å²) in [6.45, 7) is 0.815. The Morgan fingerprint density at radius 2 is 2.37 bits per heavy atom. The first-order chi connectivity index (χ1) is 9.29. The van der Waals surface area contributed by atoms with Crippen LogP contribution in [0.5, 0.6) is 5.75 Å². The van der Waals surface area contributed by atoms with Gasteiger partial charge in [0.25, 0.3) is 0 Å². The van der Waals surface area contributed by atoms with Gasteiger partial charge in [0.2, 0.25) is 0 Å². The number of para-hydroxylation sites is 1. The second kappa shape index (κ2) is 5.14. The van der Waals surface area contributed by atoms with Gasteiger partial charge in [0.15, 0.2) is 4.77 Å². The first-order valence-electron chi connectivity index (χ1n) is 5.92. The Balaban J connectivity index is 1.99. The number of aromatic amines is 1. The number of nitrogens with one attached hydrogen (secondary N) is 1. The van der Waals surface area contributed by atoms with Crippen molar-refractivity contribution in [1.82, 2.24) is 14.5 Å². The molecule has 0 bridgehead atoms. The maximum Gasteiger partial charge on any atom is 0.178 e. The van der Waals surface area contributed by atoms with Gasteiger partial charge >= 0.3 is 0 Å². The standard InChI is InChI=1S/C13H13N3OS2/c1-17-11-4-2-3-10-12(11)15-13(18)16(10)6-5-9-7-19-8-14-9/h2-4,7-8H,5-6H2,1H3,(H,15,18). The highest BCUT2D eigenvalue weighted by Gasteiger charge is 2.08. The Morgan fingerprint density at radius 1 is 1.47 bits per heavy atom. The fourth-order valence-electron chi connectivity index (χ4n) is 2.13. The predicted octanol–water partition coefficient (Wildman–Crippen LogP) is 3.41. The lowest BCUT2D eigenvalue weighted by Gasteiger charge is -2.04. The molecular formula is C13H13N3OS2. The van der Waals surface area contributed by atoms with Crippen LogP contribution in [0.1, 0.15) is 5.69 Å². The topological polar surface area (TPSA) is 42.8 Å². The number of hydrogen-bond acceptors (Lipinski definition) is 4. The molecule has 3 rings (SSSR count). The van der Waals surface area contributed by atoms with E-state index in [1.54, 1.807) is 18.4 Å². The van der Waals surface area contributed by atoms with E-state index >= 15 is 0 Å². The lowest BCUT2D eigenvalue weighted by atomic mass is 10.3. The summed E-state index contributed by atoms with van der Waals surface area (Å²) in [5, 5.41) is 2.07. The van der Waals surface area contributed by atoms with Crippen molar-refractivity contribution >= 4 is 34.6 Å². The maximum absolute atomic E-state index is 5.39. The summed E-state index contributed by atoms with van der Waals surface area (Å²) >= 11 is 7.01. The fraction of sp³-hybridized carbons (Fsp3) is 0.231. The SMILES string of the molecule is COc1cccc2c1[nH]c(=S)n2CCc1cscn1. The van der Waals surface area contributed by atoms with Crippen molar-refractivity contribution in [1.29, 1.82) is 0 Å². The Kier molecular flexibility index (Phi) is 3.35. The van der Waals surface area contributed by atoms with E-state index in [9.17, 15) is 0 Å². The molecule has 0 spiro atoms. The first-order valence-corrected chi connectivity index (χ1v) is 7.27. The number of aryl methyl sites for hydroxylation is 2. The molecule has 4 nitrogen and oxygen atoms in total. The summed E-state index contributed by atoms with van der Waals surface area (Å²) in [6.07, 6.45) is 0.877. The first kappa shape index (κ1) is 12.4. The van der Waals surface area contributed by atoms with Crippen molar-refractivity contribution in [3.8, 4) is 5.75 Å². The molecule has 0 saturated carbocycles. The van der Waals surface area contributed by atoms with Gasteiger partial charge in [0.05, 0.1) is 23.8 Å². The second-order valence-electron chi connectivity index (χ2n) is 4.17. The van der Waals surface area contributed by atoms with E-state index in [0.29, 0.717) is 0 Å². The van der Waals surface area contributed by atoms with Crippen molar-refractivity contribution < 1.29 is 4.74 Å². The lowest BCUT2D eigenvalue weighted by molar-refractivity contribution is 0.419. The summed E-state index contributed by atoms with van der Waals surface area (Å²) in [4.78, 5) is 7.51. The highest BCUT2D eigenvalue weighted by Crippen LogP contribution is 2.24. The van der Waals surface area contributed by atoms with Crippen LogP contribution in [-0.2, 0) is 13.0 Å². The molecule has 0 amide bonds. The number of nitrogens with zero attached hydrogens (tertiary/aromatic N) is 2. The molecule has 19 heavy (non-hydrogen) atoms. The third-order valence-corrected chi connectivity index (χ3v) is 4.02. The number of aromatic nitrogens is 3. The zero-order chi connectivity index (χ0) is 13.2. The monoisotopic (exact) mass is 291 g/mol. The van der Waals surface area contributed by atoms with Crippen LogP contribution in [0, 0.1) is 4.77 Å². The average Bonchev–Trinajstić information content (AvgIpc) is 3.03. The zero-order valence-electron chi connectivity index (χ0n) is 10.4. The van der Waals surface area contributed by atoms with Crippen molar-refractivity contribution in [2.75, 3.05) is 7.11 Å². The normalized spacial score (nSPS) is 11.0. The number of benzene rings is 1. The molecule has 0 aliphatic rings. The van der Waals surface area contributed by atoms with E-state index in [4.69, 9.17) is 17.0 Å². The molecule has 98 valence electrons. The van der Waals surface area contributed by atoms with Gasteiger partial charge in [-0.15, -0.1) is 11.3 Å². The molecule has 6 heteroatoms. The average molecular weight is 291 g/mol. The van der Waals surface area contributed by atoms with Gasteiger partial charge in [0, 0.05) is 18.3 Å².